The van der Waals surface area contributed by atoms with Crippen molar-refractivity contribution in [3.8, 4) is 0 Å². The van der Waals surface area contributed by atoms with Crippen molar-refractivity contribution < 1.29 is 14.7 Å². The van der Waals surface area contributed by atoms with Crippen molar-refractivity contribution in [2.45, 2.75) is 51.5 Å². The molecule has 4 heteroatoms. The van der Waals surface area contributed by atoms with E-state index >= 15 is 0 Å². The van der Waals surface area contributed by atoms with E-state index in [0.29, 0.717) is 19.3 Å². The molecule has 1 unspecified atom stereocenters. The first-order valence-electron chi connectivity index (χ1n) is 7.55. The largest absolute Gasteiger partial charge is 0.480 e. The number of carbonyl (C=O) groups excluding carboxylic acids is 1. The minimum Gasteiger partial charge on any atom is -0.480 e. The third-order valence-corrected chi connectivity index (χ3v) is 3.77. The van der Waals surface area contributed by atoms with Crippen molar-refractivity contribution in [3.63, 3.8) is 0 Å². The smallest absolute Gasteiger partial charge is 0.326 e. The highest BCUT2D eigenvalue weighted by molar-refractivity contribution is 5.83. The van der Waals surface area contributed by atoms with Crippen LogP contribution in [0, 0.1) is 0 Å². The average molecular weight is 303 g/mol. The minimum atomic E-state index is -1.01. The SMILES string of the molecule is C/C=C/CC(NC(=O)CCC(C)(C)c1ccccc1)C(=O)O. The van der Waals surface area contributed by atoms with Crippen LogP contribution in [0.3, 0.4) is 0 Å². The van der Waals surface area contributed by atoms with Crippen molar-refractivity contribution >= 4 is 11.9 Å². The molecule has 22 heavy (non-hydrogen) atoms. The Morgan fingerprint density at radius 3 is 2.45 bits per heavy atom. The van der Waals surface area contributed by atoms with E-state index in [9.17, 15) is 9.59 Å². The Morgan fingerprint density at radius 1 is 1.27 bits per heavy atom. The maximum Gasteiger partial charge on any atom is 0.326 e. The molecule has 0 fully saturated rings. The van der Waals surface area contributed by atoms with Crippen LogP contribution in [0.1, 0.15) is 45.6 Å². The summed E-state index contributed by atoms with van der Waals surface area (Å²) >= 11 is 0. The zero-order valence-corrected chi connectivity index (χ0v) is 13.5. The van der Waals surface area contributed by atoms with Gasteiger partial charge in [0.15, 0.2) is 0 Å². The van der Waals surface area contributed by atoms with Gasteiger partial charge in [0.1, 0.15) is 6.04 Å². The molecule has 0 bridgehead atoms. The summed E-state index contributed by atoms with van der Waals surface area (Å²) in [7, 11) is 0. The summed E-state index contributed by atoms with van der Waals surface area (Å²) in [5.74, 6) is -1.23. The average Bonchev–Trinajstić information content (AvgIpc) is 2.50. The first-order valence-corrected chi connectivity index (χ1v) is 7.55. The van der Waals surface area contributed by atoms with Crippen LogP contribution >= 0.6 is 0 Å². The van der Waals surface area contributed by atoms with Crippen molar-refractivity contribution in [3.05, 3.63) is 48.0 Å². The quantitative estimate of drug-likeness (QED) is 0.724. The second-order valence-corrected chi connectivity index (χ2v) is 6.01. The van der Waals surface area contributed by atoms with Gasteiger partial charge in [0, 0.05) is 6.42 Å². The normalized spacial score (nSPS) is 13.0. The van der Waals surface area contributed by atoms with Crippen LogP contribution in [0.4, 0.5) is 0 Å². The van der Waals surface area contributed by atoms with Crippen molar-refractivity contribution in [1.82, 2.24) is 5.32 Å². The Labute approximate surface area is 132 Å². The Morgan fingerprint density at radius 2 is 1.91 bits per heavy atom. The van der Waals surface area contributed by atoms with E-state index in [-0.39, 0.29) is 11.3 Å². The number of carbonyl (C=O) groups is 2. The van der Waals surface area contributed by atoms with E-state index in [1.165, 1.54) is 5.56 Å². The number of carboxylic acids is 1. The highest BCUT2D eigenvalue weighted by Crippen LogP contribution is 2.27. The van der Waals surface area contributed by atoms with E-state index in [1.54, 1.807) is 12.2 Å². The molecule has 0 saturated heterocycles. The van der Waals surface area contributed by atoms with Gasteiger partial charge in [-0.2, -0.15) is 0 Å². The Kier molecular flexibility index (Phi) is 6.83. The summed E-state index contributed by atoms with van der Waals surface area (Å²) in [5.41, 5.74) is 1.05. The van der Waals surface area contributed by atoms with E-state index in [1.807, 2.05) is 37.3 Å². The van der Waals surface area contributed by atoms with Gasteiger partial charge >= 0.3 is 5.97 Å². The van der Waals surface area contributed by atoms with Crippen molar-refractivity contribution in [1.29, 1.82) is 0 Å². The molecular formula is C18H25NO3. The molecule has 1 atom stereocenters. The number of amides is 1. The van der Waals surface area contributed by atoms with Crippen LogP contribution in [0.25, 0.3) is 0 Å². The summed E-state index contributed by atoms with van der Waals surface area (Å²) in [6.07, 6.45) is 4.80. The summed E-state index contributed by atoms with van der Waals surface area (Å²) in [5, 5.41) is 11.7. The number of carboxylic acid groups (broad SMARTS) is 1. The van der Waals surface area contributed by atoms with Crippen molar-refractivity contribution in [2.24, 2.45) is 0 Å². The summed E-state index contributed by atoms with van der Waals surface area (Å²) in [4.78, 5) is 23.1. The lowest BCUT2D eigenvalue weighted by Crippen LogP contribution is -2.40. The zero-order chi connectivity index (χ0) is 16.6. The maximum atomic E-state index is 12.0. The van der Waals surface area contributed by atoms with Gasteiger partial charge in [-0.25, -0.2) is 4.79 Å². The van der Waals surface area contributed by atoms with Crippen LogP contribution in [0.2, 0.25) is 0 Å². The number of rotatable bonds is 8. The Balaban J connectivity index is 2.56. The third kappa shape index (κ3) is 5.72. The summed E-state index contributed by atoms with van der Waals surface area (Å²) in [6.45, 7) is 6.00. The molecule has 0 spiro atoms. The topological polar surface area (TPSA) is 66.4 Å². The van der Waals surface area contributed by atoms with Gasteiger partial charge in [-0.05, 0) is 30.7 Å². The predicted molar refractivity (Wildman–Crippen MR) is 87.7 cm³/mol. The minimum absolute atomic E-state index is 0.124. The summed E-state index contributed by atoms with van der Waals surface area (Å²) < 4.78 is 0. The van der Waals surface area contributed by atoms with Gasteiger partial charge in [-0.3, -0.25) is 4.79 Å². The molecule has 1 aromatic carbocycles. The fourth-order valence-corrected chi connectivity index (χ4v) is 2.22. The molecule has 0 aliphatic rings. The standard InChI is InChI=1S/C18H25NO3/c1-4-5-11-15(17(21)22)19-16(20)12-13-18(2,3)14-9-7-6-8-10-14/h4-10,15H,11-13H2,1-3H3,(H,19,20)(H,21,22)/b5-4+. The van der Waals surface area contributed by atoms with Gasteiger partial charge in [-0.15, -0.1) is 0 Å². The number of hydrogen-bond acceptors (Lipinski definition) is 2. The molecule has 2 N–H and O–H groups in total. The zero-order valence-electron chi connectivity index (χ0n) is 13.5. The van der Waals surface area contributed by atoms with Crippen molar-refractivity contribution in [2.75, 3.05) is 0 Å². The lowest BCUT2D eigenvalue weighted by molar-refractivity contribution is -0.141. The lowest BCUT2D eigenvalue weighted by atomic mass is 9.80. The number of hydrogen-bond donors (Lipinski definition) is 2. The molecule has 1 aromatic rings. The van der Waals surface area contributed by atoms with E-state index < -0.39 is 12.0 Å². The molecule has 0 saturated carbocycles. The van der Waals surface area contributed by atoms with Crippen LogP contribution in [-0.4, -0.2) is 23.0 Å². The van der Waals surface area contributed by atoms with E-state index in [2.05, 4.69) is 19.2 Å². The predicted octanol–water partition coefficient (Wildman–Crippen LogP) is 3.28. The first-order chi connectivity index (χ1) is 10.4. The van der Waals surface area contributed by atoms with Crippen LogP contribution in [0.5, 0.6) is 0 Å². The van der Waals surface area contributed by atoms with Gasteiger partial charge in [0.05, 0.1) is 0 Å². The maximum absolute atomic E-state index is 12.0. The molecule has 1 amide bonds. The highest BCUT2D eigenvalue weighted by Gasteiger charge is 2.23. The molecule has 1 rings (SSSR count). The molecule has 0 aromatic heterocycles. The second kappa shape index (κ2) is 8.37. The molecule has 0 aliphatic carbocycles. The first kappa shape index (κ1) is 18.0. The highest BCUT2D eigenvalue weighted by atomic mass is 16.4. The van der Waals surface area contributed by atoms with E-state index in [0.717, 1.165) is 0 Å². The van der Waals surface area contributed by atoms with Gasteiger partial charge in [0.2, 0.25) is 5.91 Å². The van der Waals surface area contributed by atoms with Gasteiger partial charge in [-0.1, -0.05) is 56.3 Å². The molecule has 0 radical (unpaired) electrons. The van der Waals surface area contributed by atoms with Crippen LogP contribution < -0.4 is 5.32 Å². The molecule has 0 aliphatic heterocycles. The lowest BCUT2D eigenvalue weighted by Gasteiger charge is -2.25. The molecule has 120 valence electrons. The second-order valence-electron chi connectivity index (χ2n) is 6.01. The Bertz CT molecular complexity index is 520. The number of nitrogens with one attached hydrogen (secondary N) is 1. The third-order valence-electron chi connectivity index (χ3n) is 3.77. The summed E-state index contributed by atoms with van der Waals surface area (Å²) in [6, 6.07) is 9.16. The Hall–Kier alpha value is -2.10. The van der Waals surface area contributed by atoms with Crippen LogP contribution in [0.15, 0.2) is 42.5 Å². The van der Waals surface area contributed by atoms with E-state index in [4.69, 9.17) is 5.11 Å². The van der Waals surface area contributed by atoms with Gasteiger partial charge in [0.25, 0.3) is 0 Å². The number of aliphatic carboxylic acids is 1. The van der Waals surface area contributed by atoms with Crippen LogP contribution in [-0.2, 0) is 15.0 Å². The fraction of sp³-hybridized carbons (Fsp3) is 0.444. The monoisotopic (exact) mass is 303 g/mol. The fourth-order valence-electron chi connectivity index (χ4n) is 2.22. The molecular weight excluding hydrogens is 278 g/mol. The molecule has 4 nitrogen and oxygen atoms in total. The number of benzene rings is 1. The number of allylic oxidation sites excluding steroid dienone is 1. The van der Waals surface area contributed by atoms with Gasteiger partial charge < -0.3 is 10.4 Å². The molecule has 0 heterocycles.